The van der Waals surface area contributed by atoms with Crippen molar-refractivity contribution in [2.45, 2.75) is 12.5 Å². The maximum Gasteiger partial charge on any atom is 0.254 e. The van der Waals surface area contributed by atoms with Crippen LogP contribution in [0.3, 0.4) is 0 Å². The number of carbonyl (C=O) groups is 1. The van der Waals surface area contributed by atoms with E-state index in [1.165, 1.54) is 0 Å². The first-order valence-electron chi connectivity index (χ1n) is 9.42. The molecule has 0 aliphatic carbocycles. The van der Waals surface area contributed by atoms with E-state index in [0.29, 0.717) is 25.3 Å². The van der Waals surface area contributed by atoms with Crippen LogP contribution >= 0.6 is 0 Å². The molecule has 1 unspecified atom stereocenters. The first-order chi connectivity index (χ1) is 13.0. The molecule has 0 bridgehead atoms. The van der Waals surface area contributed by atoms with Gasteiger partial charge in [-0.15, -0.1) is 0 Å². The molecule has 0 aromatic heterocycles. The van der Waals surface area contributed by atoms with E-state index < -0.39 is 9.84 Å². The van der Waals surface area contributed by atoms with Gasteiger partial charge in [-0.1, -0.05) is 48.5 Å². The first-order valence-corrected chi connectivity index (χ1v) is 11.2. The van der Waals surface area contributed by atoms with Crippen molar-refractivity contribution >= 4 is 15.7 Å². The average molecular weight is 385 g/mol. The molecule has 1 amide bonds. The zero-order chi connectivity index (χ0) is 18.9. The number of rotatable bonds is 3. The van der Waals surface area contributed by atoms with Crippen molar-refractivity contribution < 1.29 is 13.2 Å². The highest BCUT2D eigenvalue weighted by Gasteiger charge is 2.34. The SMILES string of the molecule is O=C(c1ccccc1-c1ccccc1)N1CCN(C2CCS(=O)(=O)C2)CC1. The predicted octanol–water partition coefficient (Wildman–Crippen LogP) is 2.30. The molecule has 4 rings (SSSR count). The molecule has 2 aliphatic rings. The molecule has 0 radical (unpaired) electrons. The number of benzene rings is 2. The van der Waals surface area contributed by atoms with Gasteiger partial charge in [0.15, 0.2) is 9.84 Å². The van der Waals surface area contributed by atoms with Crippen molar-refractivity contribution in [2.24, 2.45) is 0 Å². The van der Waals surface area contributed by atoms with Gasteiger partial charge in [-0.05, 0) is 23.6 Å². The molecular formula is C21H24N2O3S. The average Bonchev–Trinajstić information content (AvgIpc) is 3.08. The van der Waals surface area contributed by atoms with Crippen LogP contribution in [0.4, 0.5) is 0 Å². The molecular weight excluding hydrogens is 360 g/mol. The second kappa shape index (κ2) is 7.44. The highest BCUT2D eigenvalue weighted by molar-refractivity contribution is 7.91. The van der Waals surface area contributed by atoms with Gasteiger partial charge >= 0.3 is 0 Å². The van der Waals surface area contributed by atoms with E-state index in [4.69, 9.17) is 0 Å². The van der Waals surface area contributed by atoms with Gasteiger partial charge in [-0.25, -0.2) is 8.42 Å². The summed E-state index contributed by atoms with van der Waals surface area (Å²) in [6.07, 6.45) is 0.715. The number of hydrogen-bond donors (Lipinski definition) is 0. The van der Waals surface area contributed by atoms with Crippen LogP contribution in [0, 0.1) is 0 Å². The lowest BCUT2D eigenvalue weighted by atomic mass is 9.98. The van der Waals surface area contributed by atoms with Gasteiger partial charge in [0, 0.05) is 37.8 Å². The second-order valence-electron chi connectivity index (χ2n) is 7.30. The van der Waals surface area contributed by atoms with E-state index in [1.807, 2.05) is 59.5 Å². The summed E-state index contributed by atoms with van der Waals surface area (Å²) in [4.78, 5) is 17.3. The van der Waals surface area contributed by atoms with Crippen molar-refractivity contribution in [3.63, 3.8) is 0 Å². The Morgan fingerprint density at radius 3 is 2.22 bits per heavy atom. The van der Waals surface area contributed by atoms with Gasteiger partial charge in [-0.3, -0.25) is 9.69 Å². The maximum absolute atomic E-state index is 13.1. The molecule has 5 nitrogen and oxygen atoms in total. The summed E-state index contributed by atoms with van der Waals surface area (Å²) in [6, 6.07) is 17.8. The summed E-state index contributed by atoms with van der Waals surface area (Å²) >= 11 is 0. The molecule has 2 aromatic carbocycles. The van der Waals surface area contributed by atoms with Crippen LogP contribution in [0.5, 0.6) is 0 Å². The molecule has 2 aliphatic heterocycles. The van der Waals surface area contributed by atoms with Gasteiger partial charge < -0.3 is 4.90 Å². The fourth-order valence-corrected chi connectivity index (χ4v) is 5.82. The summed E-state index contributed by atoms with van der Waals surface area (Å²) in [6.45, 7) is 2.75. The summed E-state index contributed by atoms with van der Waals surface area (Å²) in [5.74, 6) is 0.604. The number of amides is 1. The molecule has 1 atom stereocenters. The predicted molar refractivity (Wildman–Crippen MR) is 106 cm³/mol. The molecule has 27 heavy (non-hydrogen) atoms. The lowest BCUT2D eigenvalue weighted by Gasteiger charge is -2.37. The fourth-order valence-electron chi connectivity index (χ4n) is 4.06. The third kappa shape index (κ3) is 3.92. The molecule has 2 fully saturated rings. The van der Waals surface area contributed by atoms with E-state index in [-0.39, 0.29) is 17.7 Å². The van der Waals surface area contributed by atoms with Crippen LogP contribution in [0.15, 0.2) is 54.6 Å². The van der Waals surface area contributed by atoms with Gasteiger partial charge in [0.1, 0.15) is 0 Å². The van der Waals surface area contributed by atoms with Crippen molar-refractivity contribution in [1.82, 2.24) is 9.80 Å². The van der Waals surface area contributed by atoms with E-state index in [1.54, 1.807) is 0 Å². The van der Waals surface area contributed by atoms with E-state index >= 15 is 0 Å². The molecule has 0 N–H and O–H groups in total. The van der Waals surface area contributed by atoms with Gasteiger partial charge in [0.05, 0.1) is 11.5 Å². The van der Waals surface area contributed by atoms with E-state index in [9.17, 15) is 13.2 Å². The van der Waals surface area contributed by atoms with Gasteiger partial charge in [-0.2, -0.15) is 0 Å². The zero-order valence-electron chi connectivity index (χ0n) is 15.3. The zero-order valence-corrected chi connectivity index (χ0v) is 16.1. The maximum atomic E-state index is 13.1. The summed E-state index contributed by atoms with van der Waals surface area (Å²) < 4.78 is 23.4. The molecule has 2 heterocycles. The molecule has 0 spiro atoms. The molecule has 0 saturated carbocycles. The summed E-state index contributed by atoms with van der Waals surface area (Å²) in [5.41, 5.74) is 2.71. The summed E-state index contributed by atoms with van der Waals surface area (Å²) in [7, 11) is -2.88. The molecule has 142 valence electrons. The Morgan fingerprint density at radius 2 is 1.56 bits per heavy atom. The minimum absolute atomic E-state index is 0.0492. The van der Waals surface area contributed by atoms with Crippen LogP contribution in [-0.4, -0.2) is 67.9 Å². The number of nitrogens with zero attached hydrogens (tertiary/aromatic N) is 2. The van der Waals surface area contributed by atoms with Crippen molar-refractivity contribution in [2.75, 3.05) is 37.7 Å². The Hall–Kier alpha value is -2.18. The number of hydrogen-bond acceptors (Lipinski definition) is 4. The van der Waals surface area contributed by atoms with Crippen molar-refractivity contribution in [1.29, 1.82) is 0 Å². The Kier molecular flexibility index (Phi) is 5.02. The van der Waals surface area contributed by atoms with Crippen LogP contribution in [0.1, 0.15) is 16.8 Å². The van der Waals surface area contributed by atoms with Crippen molar-refractivity contribution in [3.05, 3.63) is 60.2 Å². The smallest absolute Gasteiger partial charge is 0.254 e. The Morgan fingerprint density at radius 1 is 0.889 bits per heavy atom. The normalized spacial score (nSPS) is 22.7. The number of piperazine rings is 1. The standard InChI is InChI=1S/C21H24N2O3S/c24-21(20-9-5-4-8-19(20)17-6-2-1-3-7-17)23-13-11-22(12-14-23)18-10-15-27(25,26)16-18/h1-9,18H,10-16H2. The molecule has 2 aromatic rings. The third-order valence-electron chi connectivity index (χ3n) is 5.57. The lowest BCUT2D eigenvalue weighted by molar-refractivity contribution is 0.0588. The number of sulfone groups is 1. The van der Waals surface area contributed by atoms with Crippen LogP contribution in [0.25, 0.3) is 11.1 Å². The van der Waals surface area contributed by atoms with Gasteiger partial charge in [0.2, 0.25) is 0 Å². The Balaban J connectivity index is 1.46. The minimum Gasteiger partial charge on any atom is -0.336 e. The molecule has 6 heteroatoms. The minimum atomic E-state index is -2.88. The second-order valence-corrected chi connectivity index (χ2v) is 9.53. The van der Waals surface area contributed by atoms with E-state index in [2.05, 4.69) is 4.90 Å². The van der Waals surface area contributed by atoms with Crippen LogP contribution in [0.2, 0.25) is 0 Å². The Bertz CT molecular complexity index is 919. The van der Waals surface area contributed by atoms with Crippen LogP contribution in [-0.2, 0) is 9.84 Å². The summed E-state index contributed by atoms with van der Waals surface area (Å²) in [5, 5.41) is 0. The first kappa shape index (κ1) is 18.2. The monoisotopic (exact) mass is 384 g/mol. The molecule has 2 saturated heterocycles. The third-order valence-corrected chi connectivity index (χ3v) is 7.32. The quantitative estimate of drug-likeness (QED) is 0.815. The van der Waals surface area contributed by atoms with E-state index in [0.717, 1.165) is 29.8 Å². The Labute approximate surface area is 160 Å². The topological polar surface area (TPSA) is 57.7 Å². The highest BCUT2D eigenvalue weighted by Crippen LogP contribution is 2.25. The highest BCUT2D eigenvalue weighted by atomic mass is 32.2. The van der Waals surface area contributed by atoms with Crippen LogP contribution < -0.4 is 0 Å². The van der Waals surface area contributed by atoms with Crippen molar-refractivity contribution in [3.8, 4) is 11.1 Å². The largest absolute Gasteiger partial charge is 0.336 e. The van der Waals surface area contributed by atoms with Gasteiger partial charge in [0.25, 0.3) is 5.91 Å². The number of carbonyl (C=O) groups excluding carboxylic acids is 1. The lowest BCUT2D eigenvalue weighted by Crippen LogP contribution is -2.52. The fraction of sp³-hybridized carbons (Fsp3) is 0.381.